The van der Waals surface area contributed by atoms with Crippen LogP contribution in [0.3, 0.4) is 0 Å². The molecule has 1 atom stereocenters. The van der Waals surface area contributed by atoms with E-state index in [1.165, 1.54) is 0 Å². The van der Waals surface area contributed by atoms with Crippen molar-refractivity contribution >= 4 is 11.6 Å². The largest absolute Gasteiger partial charge is 0.388 e. The molecule has 0 fully saturated rings. The molecule has 4 heteroatoms. The van der Waals surface area contributed by atoms with E-state index in [-0.39, 0.29) is 0 Å². The van der Waals surface area contributed by atoms with Crippen molar-refractivity contribution in [3.63, 3.8) is 0 Å². The van der Waals surface area contributed by atoms with Gasteiger partial charge in [0.1, 0.15) is 5.15 Å². The lowest BCUT2D eigenvalue weighted by Gasteiger charge is -2.10. The van der Waals surface area contributed by atoms with Gasteiger partial charge in [0.2, 0.25) is 0 Å². The van der Waals surface area contributed by atoms with Crippen molar-refractivity contribution in [2.45, 2.75) is 19.4 Å². The minimum absolute atomic E-state index is 0.362. The summed E-state index contributed by atoms with van der Waals surface area (Å²) in [5.41, 5.74) is 6.82. The van der Waals surface area contributed by atoms with Gasteiger partial charge in [0, 0.05) is 11.3 Å². The molecule has 13 heavy (non-hydrogen) atoms. The first kappa shape index (κ1) is 10.4. The predicted octanol–water partition coefficient (Wildman–Crippen LogP) is 1.43. The second-order valence-corrected chi connectivity index (χ2v) is 3.28. The van der Waals surface area contributed by atoms with E-state index in [2.05, 4.69) is 4.98 Å². The maximum atomic E-state index is 9.59. The summed E-state index contributed by atoms with van der Waals surface area (Å²) in [4.78, 5) is 4.04. The quantitative estimate of drug-likeness (QED) is 0.726. The molecule has 3 N–H and O–H groups in total. The number of aliphatic hydroxyl groups excluding tert-OH is 1. The van der Waals surface area contributed by atoms with Gasteiger partial charge in [-0.2, -0.15) is 0 Å². The lowest BCUT2D eigenvalue weighted by atomic mass is 10.1. The van der Waals surface area contributed by atoms with E-state index in [9.17, 15) is 5.11 Å². The summed E-state index contributed by atoms with van der Waals surface area (Å²) in [6.45, 7) is 2.29. The fourth-order valence-electron chi connectivity index (χ4n) is 1.10. The summed E-state index contributed by atoms with van der Waals surface area (Å²) in [5.74, 6) is 0. The number of nitrogens with two attached hydrogens (primary N) is 1. The molecule has 0 saturated heterocycles. The normalized spacial score (nSPS) is 12.9. The number of aryl methyl sites for hydroxylation is 1. The third kappa shape index (κ3) is 2.66. The molecule has 3 nitrogen and oxygen atoms in total. The summed E-state index contributed by atoms with van der Waals surface area (Å²) in [5, 5.41) is 9.95. The monoisotopic (exact) mass is 200 g/mol. The molecule has 72 valence electrons. The molecule has 1 aromatic rings. The number of hydrogen-bond donors (Lipinski definition) is 2. The zero-order chi connectivity index (χ0) is 9.84. The number of pyridine rings is 1. The van der Waals surface area contributed by atoms with Crippen LogP contribution in [-0.2, 0) is 0 Å². The molecule has 1 rings (SSSR count). The Kier molecular flexibility index (Phi) is 3.66. The van der Waals surface area contributed by atoms with E-state index in [4.69, 9.17) is 17.3 Å². The first-order chi connectivity index (χ1) is 6.15. The van der Waals surface area contributed by atoms with Crippen LogP contribution >= 0.6 is 11.6 Å². The van der Waals surface area contributed by atoms with Crippen LogP contribution in [0.1, 0.15) is 23.8 Å². The number of hydrogen-bond acceptors (Lipinski definition) is 3. The number of rotatable bonds is 3. The van der Waals surface area contributed by atoms with E-state index in [0.717, 1.165) is 5.69 Å². The van der Waals surface area contributed by atoms with Gasteiger partial charge in [0.05, 0.1) is 6.10 Å². The van der Waals surface area contributed by atoms with Crippen LogP contribution < -0.4 is 5.73 Å². The van der Waals surface area contributed by atoms with Crippen molar-refractivity contribution in [3.05, 3.63) is 28.5 Å². The number of nitrogens with zero attached hydrogens (tertiary/aromatic N) is 1. The Hall–Kier alpha value is -0.640. The summed E-state index contributed by atoms with van der Waals surface area (Å²) >= 11 is 5.85. The van der Waals surface area contributed by atoms with Gasteiger partial charge in [0.15, 0.2) is 0 Å². The summed E-state index contributed by atoms with van der Waals surface area (Å²) in [7, 11) is 0. The topological polar surface area (TPSA) is 59.1 Å². The van der Waals surface area contributed by atoms with Crippen LogP contribution in [-0.4, -0.2) is 16.6 Å². The van der Waals surface area contributed by atoms with Crippen molar-refractivity contribution in [2.75, 3.05) is 6.54 Å². The van der Waals surface area contributed by atoms with E-state index in [0.29, 0.717) is 23.7 Å². The van der Waals surface area contributed by atoms with E-state index >= 15 is 0 Å². The molecule has 1 heterocycles. The Labute approximate surface area is 82.5 Å². The van der Waals surface area contributed by atoms with E-state index in [1.807, 2.05) is 13.0 Å². The molecule has 1 aromatic heterocycles. The second-order valence-electron chi connectivity index (χ2n) is 2.93. The molecule has 0 aliphatic heterocycles. The maximum Gasteiger partial charge on any atom is 0.135 e. The Bertz CT molecular complexity index is 291. The molecule has 0 saturated carbocycles. The van der Waals surface area contributed by atoms with Crippen molar-refractivity contribution in [2.24, 2.45) is 5.73 Å². The van der Waals surface area contributed by atoms with Crippen LogP contribution in [0.5, 0.6) is 0 Å². The van der Waals surface area contributed by atoms with Crippen LogP contribution in [0.4, 0.5) is 0 Å². The second kappa shape index (κ2) is 4.56. The van der Waals surface area contributed by atoms with Crippen molar-refractivity contribution in [1.82, 2.24) is 4.98 Å². The predicted molar refractivity (Wildman–Crippen MR) is 52.6 cm³/mol. The molecular formula is C9H13ClN2O. The van der Waals surface area contributed by atoms with Gasteiger partial charge in [-0.05, 0) is 26.0 Å². The van der Waals surface area contributed by atoms with Crippen LogP contribution in [0.2, 0.25) is 5.15 Å². The van der Waals surface area contributed by atoms with Gasteiger partial charge in [0.25, 0.3) is 0 Å². The van der Waals surface area contributed by atoms with E-state index < -0.39 is 6.10 Å². The van der Waals surface area contributed by atoms with E-state index in [1.54, 1.807) is 6.07 Å². The van der Waals surface area contributed by atoms with Gasteiger partial charge < -0.3 is 10.8 Å². The molecule has 0 aromatic carbocycles. The molecular weight excluding hydrogens is 188 g/mol. The lowest BCUT2D eigenvalue weighted by Crippen LogP contribution is -2.07. The first-order valence-electron chi connectivity index (χ1n) is 4.16. The molecule has 0 radical (unpaired) electrons. The van der Waals surface area contributed by atoms with Crippen molar-refractivity contribution < 1.29 is 5.11 Å². The van der Waals surface area contributed by atoms with Crippen LogP contribution in [0.15, 0.2) is 12.1 Å². The molecule has 0 amide bonds. The summed E-state index contributed by atoms with van der Waals surface area (Å²) < 4.78 is 0. The van der Waals surface area contributed by atoms with Crippen molar-refractivity contribution in [1.29, 1.82) is 0 Å². The standard InChI is InChI=1S/C9H13ClN2O/c1-6-2-3-7(9(10)12-6)8(13)4-5-11/h2-3,8,13H,4-5,11H2,1H3/t8-/m0/s1. The molecule has 0 bridgehead atoms. The minimum atomic E-state index is -0.606. The third-order valence-electron chi connectivity index (χ3n) is 1.82. The van der Waals surface area contributed by atoms with Gasteiger partial charge >= 0.3 is 0 Å². The third-order valence-corrected chi connectivity index (χ3v) is 2.12. The Morgan fingerprint density at radius 3 is 2.85 bits per heavy atom. The highest BCUT2D eigenvalue weighted by Gasteiger charge is 2.11. The summed E-state index contributed by atoms with van der Waals surface area (Å²) in [6.07, 6.45) is -0.102. The Morgan fingerprint density at radius 1 is 1.62 bits per heavy atom. The number of aromatic nitrogens is 1. The fraction of sp³-hybridized carbons (Fsp3) is 0.444. The SMILES string of the molecule is Cc1ccc([C@@H](O)CCN)c(Cl)n1. The van der Waals surface area contributed by atoms with Crippen LogP contribution in [0, 0.1) is 6.92 Å². The molecule has 0 aliphatic rings. The smallest absolute Gasteiger partial charge is 0.135 e. The maximum absolute atomic E-state index is 9.59. The average molecular weight is 201 g/mol. The first-order valence-corrected chi connectivity index (χ1v) is 4.54. The number of halogens is 1. The summed E-state index contributed by atoms with van der Waals surface area (Å²) in [6, 6.07) is 3.60. The zero-order valence-corrected chi connectivity index (χ0v) is 8.25. The highest BCUT2D eigenvalue weighted by atomic mass is 35.5. The molecule has 0 unspecified atom stereocenters. The molecule has 0 aliphatic carbocycles. The Balaban J connectivity index is 2.88. The van der Waals surface area contributed by atoms with Gasteiger partial charge in [-0.25, -0.2) is 4.98 Å². The highest BCUT2D eigenvalue weighted by molar-refractivity contribution is 6.30. The zero-order valence-electron chi connectivity index (χ0n) is 7.50. The van der Waals surface area contributed by atoms with Crippen LogP contribution in [0.25, 0.3) is 0 Å². The number of aliphatic hydroxyl groups is 1. The average Bonchev–Trinajstić information content (AvgIpc) is 2.04. The van der Waals surface area contributed by atoms with Crippen molar-refractivity contribution in [3.8, 4) is 0 Å². The lowest BCUT2D eigenvalue weighted by molar-refractivity contribution is 0.170. The Morgan fingerprint density at radius 2 is 2.31 bits per heavy atom. The van der Waals surface area contributed by atoms with Gasteiger partial charge in [-0.3, -0.25) is 0 Å². The van der Waals surface area contributed by atoms with Gasteiger partial charge in [-0.1, -0.05) is 17.7 Å². The molecule has 0 spiro atoms. The van der Waals surface area contributed by atoms with Gasteiger partial charge in [-0.15, -0.1) is 0 Å². The fourth-order valence-corrected chi connectivity index (χ4v) is 1.42. The minimum Gasteiger partial charge on any atom is -0.388 e. The highest BCUT2D eigenvalue weighted by Crippen LogP contribution is 2.23.